The standard InChI is InChI=1S/C29H33ClFN3O5S/c1-4-5-17-32-29(36)21(2)33(19-22-11-9-10-14-26(22)31)28(35)20-34(23-15-16-27(39-3)25(30)18-23)40(37,38)24-12-7-6-8-13-24/h6-16,18,21H,4-5,17,19-20H2,1-3H3,(H,32,36). The number of methoxy groups -OCH3 is 1. The van der Waals surface area contributed by atoms with E-state index in [2.05, 4.69) is 5.32 Å². The van der Waals surface area contributed by atoms with Crippen LogP contribution in [0.15, 0.2) is 77.7 Å². The Morgan fingerprint density at radius 1 is 1.05 bits per heavy atom. The topological polar surface area (TPSA) is 96.0 Å². The highest BCUT2D eigenvalue weighted by atomic mass is 35.5. The lowest BCUT2D eigenvalue weighted by atomic mass is 10.1. The molecule has 0 fully saturated rings. The Hall–Kier alpha value is -3.63. The Bertz CT molecular complexity index is 1420. The van der Waals surface area contributed by atoms with Crippen LogP contribution in [0.4, 0.5) is 10.1 Å². The second-order valence-electron chi connectivity index (χ2n) is 9.08. The molecule has 2 amide bonds. The molecule has 3 aromatic carbocycles. The van der Waals surface area contributed by atoms with Gasteiger partial charge in [-0.3, -0.25) is 13.9 Å². The molecule has 0 aliphatic rings. The average Bonchev–Trinajstić information content (AvgIpc) is 2.95. The minimum atomic E-state index is -4.25. The number of amides is 2. The van der Waals surface area contributed by atoms with Gasteiger partial charge in [-0.1, -0.05) is 61.3 Å². The van der Waals surface area contributed by atoms with Crippen LogP contribution < -0.4 is 14.4 Å². The number of hydrogen-bond donors (Lipinski definition) is 1. The molecule has 0 radical (unpaired) electrons. The number of nitrogens with zero attached hydrogens (tertiary/aromatic N) is 2. The van der Waals surface area contributed by atoms with Crippen molar-refractivity contribution in [2.45, 2.75) is 44.2 Å². The predicted molar refractivity (Wildman–Crippen MR) is 153 cm³/mol. The lowest BCUT2D eigenvalue weighted by Crippen LogP contribution is -2.51. The van der Waals surface area contributed by atoms with Crippen molar-refractivity contribution in [2.75, 3.05) is 24.5 Å². The first-order valence-corrected chi connectivity index (χ1v) is 14.6. The smallest absolute Gasteiger partial charge is 0.264 e. The van der Waals surface area contributed by atoms with Gasteiger partial charge in [0.1, 0.15) is 24.2 Å². The Labute approximate surface area is 239 Å². The van der Waals surface area contributed by atoms with Gasteiger partial charge < -0.3 is 15.0 Å². The van der Waals surface area contributed by atoms with E-state index in [4.69, 9.17) is 16.3 Å². The molecule has 3 aromatic rings. The molecule has 0 aliphatic heterocycles. The molecule has 0 saturated carbocycles. The van der Waals surface area contributed by atoms with E-state index in [0.717, 1.165) is 17.1 Å². The lowest BCUT2D eigenvalue weighted by molar-refractivity contribution is -0.139. The molecule has 0 aliphatic carbocycles. The number of benzene rings is 3. The van der Waals surface area contributed by atoms with Gasteiger partial charge in [-0.05, 0) is 49.7 Å². The summed E-state index contributed by atoms with van der Waals surface area (Å²) in [6.07, 6.45) is 1.62. The van der Waals surface area contributed by atoms with E-state index >= 15 is 0 Å². The van der Waals surface area contributed by atoms with Gasteiger partial charge in [0.05, 0.1) is 22.7 Å². The molecule has 0 heterocycles. The van der Waals surface area contributed by atoms with E-state index < -0.39 is 40.2 Å². The van der Waals surface area contributed by atoms with E-state index in [-0.39, 0.29) is 27.7 Å². The zero-order chi connectivity index (χ0) is 29.3. The van der Waals surface area contributed by atoms with Crippen LogP contribution in [0, 0.1) is 5.82 Å². The van der Waals surface area contributed by atoms with E-state index in [9.17, 15) is 22.4 Å². The molecule has 1 unspecified atom stereocenters. The Morgan fingerprint density at radius 2 is 1.73 bits per heavy atom. The lowest BCUT2D eigenvalue weighted by Gasteiger charge is -2.32. The number of anilines is 1. The molecule has 0 aromatic heterocycles. The van der Waals surface area contributed by atoms with E-state index in [1.54, 1.807) is 24.3 Å². The van der Waals surface area contributed by atoms with E-state index in [0.29, 0.717) is 12.3 Å². The summed E-state index contributed by atoms with van der Waals surface area (Å²) in [6, 6.07) is 16.9. The van der Waals surface area contributed by atoms with Crippen molar-refractivity contribution >= 4 is 39.1 Å². The summed E-state index contributed by atoms with van der Waals surface area (Å²) in [5.41, 5.74) is 0.308. The normalized spacial score (nSPS) is 11.9. The fourth-order valence-electron chi connectivity index (χ4n) is 3.99. The predicted octanol–water partition coefficient (Wildman–Crippen LogP) is 5.02. The Morgan fingerprint density at radius 3 is 2.35 bits per heavy atom. The number of rotatable bonds is 13. The third-order valence-corrected chi connectivity index (χ3v) is 8.41. The summed E-state index contributed by atoms with van der Waals surface area (Å²) in [7, 11) is -2.82. The molecule has 0 spiro atoms. The minimum absolute atomic E-state index is 0.0410. The van der Waals surface area contributed by atoms with Gasteiger partial charge in [-0.2, -0.15) is 0 Å². The van der Waals surface area contributed by atoms with Crippen molar-refractivity contribution < 1.29 is 27.1 Å². The summed E-state index contributed by atoms with van der Waals surface area (Å²) in [4.78, 5) is 28.0. The number of unbranched alkanes of at least 4 members (excludes halogenated alkanes) is 1. The first kappa shape index (κ1) is 30.9. The molecular weight excluding hydrogens is 557 g/mol. The van der Waals surface area contributed by atoms with Crippen LogP contribution in [0.25, 0.3) is 0 Å². The van der Waals surface area contributed by atoms with Crippen molar-refractivity contribution in [1.29, 1.82) is 0 Å². The van der Waals surface area contributed by atoms with E-state index in [1.807, 2.05) is 6.92 Å². The van der Waals surface area contributed by atoms with Crippen LogP contribution >= 0.6 is 11.6 Å². The zero-order valence-corrected chi connectivity index (χ0v) is 24.2. The number of halogens is 2. The van der Waals surface area contributed by atoms with Gasteiger partial charge in [-0.25, -0.2) is 12.8 Å². The van der Waals surface area contributed by atoms with Crippen molar-refractivity contribution in [2.24, 2.45) is 0 Å². The van der Waals surface area contributed by atoms with Gasteiger partial charge in [0.15, 0.2) is 0 Å². The molecule has 0 bridgehead atoms. The van der Waals surface area contributed by atoms with Crippen LogP contribution in [0.3, 0.4) is 0 Å². The highest BCUT2D eigenvalue weighted by Gasteiger charge is 2.33. The van der Waals surface area contributed by atoms with Crippen LogP contribution in [-0.2, 0) is 26.2 Å². The molecule has 0 saturated heterocycles. The van der Waals surface area contributed by atoms with Crippen molar-refractivity contribution in [3.05, 3.63) is 89.2 Å². The first-order valence-electron chi connectivity index (χ1n) is 12.8. The monoisotopic (exact) mass is 589 g/mol. The molecule has 214 valence electrons. The number of nitrogens with one attached hydrogen (secondary N) is 1. The quantitative estimate of drug-likeness (QED) is 0.283. The second-order valence-corrected chi connectivity index (χ2v) is 11.3. The third kappa shape index (κ3) is 7.51. The molecule has 3 rings (SSSR count). The van der Waals surface area contributed by atoms with E-state index in [1.165, 1.54) is 67.5 Å². The van der Waals surface area contributed by atoms with Crippen LogP contribution in [0.5, 0.6) is 5.75 Å². The highest BCUT2D eigenvalue weighted by molar-refractivity contribution is 7.92. The van der Waals surface area contributed by atoms with Gasteiger partial charge >= 0.3 is 0 Å². The maximum absolute atomic E-state index is 14.6. The Kier molecular flexibility index (Phi) is 10.9. The molecule has 11 heteroatoms. The fraction of sp³-hybridized carbons (Fsp3) is 0.310. The van der Waals surface area contributed by atoms with Gasteiger partial charge in [0, 0.05) is 18.7 Å². The number of carbonyl (C=O) groups excluding carboxylic acids is 2. The summed E-state index contributed by atoms with van der Waals surface area (Å²) >= 11 is 6.31. The summed E-state index contributed by atoms with van der Waals surface area (Å²) in [5.74, 6) is -1.35. The number of sulfonamides is 1. The second kappa shape index (κ2) is 14.1. The van der Waals surface area contributed by atoms with Gasteiger partial charge in [-0.15, -0.1) is 0 Å². The van der Waals surface area contributed by atoms with Crippen molar-refractivity contribution in [3.63, 3.8) is 0 Å². The molecule has 8 nitrogen and oxygen atoms in total. The maximum atomic E-state index is 14.6. The zero-order valence-electron chi connectivity index (χ0n) is 22.6. The van der Waals surface area contributed by atoms with Crippen molar-refractivity contribution in [1.82, 2.24) is 10.2 Å². The first-order chi connectivity index (χ1) is 19.1. The number of ether oxygens (including phenoxy) is 1. The van der Waals surface area contributed by atoms with Gasteiger partial charge in [0.2, 0.25) is 11.8 Å². The molecular formula is C29H33ClFN3O5S. The molecule has 40 heavy (non-hydrogen) atoms. The third-order valence-electron chi connectivity index (χ3n) is 6.33. The highest BCUT2D eigenvalue weighted by Crippen LogP contribution is 2.32. The van der Waals surface area contributed by atoms with Gasteiger partial charge in [0.25, 0.3) is 10.0 Å². The Balaban J connectivity index is 2.03. The van der Waals surface area contributed by atoms with Crippen LogP contribution in [0.2, 0.25) is 5.02 Å². The fourth-order valence-corrected chi connectivity index (χ4v) is 5.67. The van der Waals surface area contributed by atoms with Crippen LogP contribution in [-0.4, -0.2) is 51.4 Å². The number of carbonyl (C=O) groups is 2. The minimum Gasteiger partial charge on any atom is -0.495 e. The molecule has 1 atom stereocenters. The largest absolute Gasteiger partial charge is 0.495 e. The summed E-state index contributed by atoms with van der Waals surface area (Å²) in [6.45, 7) is 3.02. The SMILES string of the molecule is CCCCNC(=O)C(C)N(Cc1ccccc1F)C(=O)CN(c1ccc(OC)c(Cl)c1)S(=O)(=O)c1ccccc1. The summed E-state index contributed by atoms with van der Waals surface area (Å²) < 4.78 is 48.3. The molecule has 1 N–H and O–H groups in total. The average molecular weight is 590 g/mol. The summed E-state index contributed by atoms with van der Waals surface area (Å²) in [5, 5.41) is 2.94. The van der Waals surface area contributed by atoms with Crippen LogP contribution in [0.1, 0.15) is 32.3 Å². The van der Waals surface area contributed by atoms with Crippen molar-refractivity contribution in [3.8, 4) is 5.75 Å². The maximum Gasteiger partial charge on any atom is 0.264 e. The number of hydrogen-bond acceptors (Lipinski definition) is 5.